The highest BCUT2D eigenvalue weighted by molar-refractivity contribution is 6.00. The molecule has 106 valence electrons. The molecule has 1 aromatic carbocycles. The van der Waals surface area contributed by atoms with Crippen LogP contribution in [-0.4, -0.2) is 30.5 Å². The number of nitrogens with zero attached hydrogens (tertiary/aromatic N) is 2. The summed E-state index contributed by atoms with van der Waals surface area (Å²) in [5.74, 6) is -1.20. The van der Waals surface area contributed by atoms with E-state index in [0.29, 0.717) is 11.3 Å². The molecule has 1 aromatic rings. The van der Waals surface area contributed by atoms with Crippen LogP contribution < -0.4 is 4.90 Å². The fraction of sp³-hybridized carbons (Fsp3) is 0.385. The second-order valence-corrected chi connectivity index (χ2v) is 4.61. The van der Waals surface area contributed by atoms with E-state index >= 15 is 0 Å². The Kier molecular flexibility index (Phi) is 3.69. The van der Waals surface area contributed by atoms with Crippen LogP contribution in [0.3, 0.4) is 0 Å². The van der Waals surface area contributed by atoms with Gasteiger partial charge in [0.15, 0.2) is 0 Å². The summed E-state index contributed by atoms with van der Waals surface area (Å²) in [4.78, 5) is 35.3. The van der Waals surface area contributed by atoms with E-state index < -0.39 is 16.8 Å². The van der Waals surface area contributed by atoms with Gasteiger partial charge in [-0.25, -0.2) is 0 Å². The molecule has 7 heteroatoms. The SMILES string of the molecule is COC(=O)C1CC(=O)N(c2cccc([N+](=O)[O-])c2C)C1. The predicted octanol–water partition coefficient (Wildman–Crippen LogP) is 1.43. The Balaban J connectivity index is 2.33. The first kappa shape index (κ1) is 14.0. The van der Waals surface area contributed by atoms with Crippen LogP contribution in [0.1, 0.15) is 12.0 Å². The van der Waals surface area contributed by atoms with E-state index in [1.807, 2.05) is 0 Å². The molecule has 1 aliphatic heterocycles. The quantitative estimate of drug-likeness (QED) is 0.474. The summed E-state index contributed by atoms with van der Waals surface area (Å²) in [5, 5.41) is 10.9. The van der Waals surface area contributed by atoms with Gasteiger partial charge in [0.25, 0.3) is 5.69 Å². The van der Waals surface area contributed by atoms with E-state index in [1.54, 1.807) is 13.0 Å². The summed E-state index contributed by atoms with van der Waals surface area (Å²) >= 11 is 0. The number of rotatable bonds is 3. The molecule has 0 aliphatic carbocycles. The largest absolute Gasteiger partial charge is 0.469 e. The second-order valence-electron chi connectivity index (χ2n) is 4.61. The van der Waals surface area contributed by atoms with Crippen LogP contribution in [0.25, 0.3) is 0 Å². The summed E-state index contributed by atoms with van der Waals surface area (Å²) in [6, 6.07) is 4.55. The van der Waals surface area contributed by atoms with Crippen molar-refractivity contribution in [3.63, 3.8) is 0 Å². The van der Waals surface area contributed by atoms with Gasteiger partial charge in [-0.3, -0.25) is 19.7 Å². The summed E-state index contributed by atoms with van der Waals surface area (Å²) < 4.78 is 4.63. The Bertz CT molecular complexity index is 584. The minimum absolute atomic E-state index is 0.0446. The van der Waals surface area contributed by atoms with E-state index in [0.717, 1.165) is 0 Å². The van der Waals surface area contributed by atoms with Gasteiger partial charge in [-0.2, -0.15) is 0 Å². The molecule has 0 saturated carbocycles. The van der Waals surface area contributed by atoms with E-state index in [9.17, 15) is 19.7 Å². The van der Waals surface area contributed by atoms with Crippen LogP contribution in [0.5, 0.6) is 0 Å². The number of ether oxygens (including phenoxy) is 1. The van der Waals surface area contributed by atoms with Crippen LogP contribution in [0.4, 0.5) is 11.4 Å². The maximum absolute atomic E-state index is 12.0. The first-order chi connectivity index (χ1) is 9.45. The van der Waals surface area contributed by atoms with Crippen molar-refractivity contribution in [1.29, 1.82) is 0 Å². The topological polar surface area (TPSA) is 89.8 Å². The zero-order chi connectivity index (χ0) is 14.9. The number of amides is 1. The smallest absolute Gasteiger partial charge is 0.311 e. The van der Waals surface area contributed by atoms with Crippen molar-refractivity contribution in [3.8, 4) is 0 Å². The molecule has 0 aromatic heterocycles. The summed E-state index contributed by atoms with van der Waals surface area (Å²) in [7, 11) is 1.27. The van der Waals surface area contributed by atoms with Gasteiger partial charge in [-0.05, 0) is 13.0 Å². The summed E-state index contributed by atoms with van der Waals surface area (Å²) in [6.45, 7) is 1.78. The van der Waals surface area contributed by atoms with Crippen molar-refractivity contribution in [3.05, 3.63) is 33.9 Å². The molecular weight excluding hydrogens is 264 g/mol. The van der Waals surface area contributed by atoms with Crippen molar-refractivity contribution in [2.45, 2.75) is 13.3 Å². The molecule has 0 spiro atoms. The zero-order valence-electron chi connectivity index (χ0n) is 11.2. The molecule has 1 fully saturated rings. The molecule has 1 heterocycles. The van der Waals surface area contributed by atoms with Crippen molar-refractivity contribution in [2.75, 3.05) is 18.6 Å². The number of hydrogen-bond donors (Lipinski definition) is 0. The number of benzene rings is 1. The van der Waals surface area contributed by atoms with E-state index in [2.05, 4.69) is 4.74 Å². The van der Waals surface area contributed by atoms with E-state index in [1.165, 1.54) is 24.1 Å². The predicted molar refractivity (Wildman–Crippen MR) is 70.3 cm³/mol. The second kappa shape index (κ2) is 5.28. The maximum atomic E-state index is 12.0. The molecule has 0 bridgehead atoms. The molecule has 0 N–H and O–H groups in total. The Labute approximate surface area is 115 Å². The molecule has 0 radical (unpaired) electrons. The number of nitro groups is 1. The van der Waals surface area contributed by atoms with Crippen LogP contribution in [0.2, 0.25) is 0 Å². The first-order valence-corrected chi connectivity index (χ1v) is 6.08. The molecule has 1 saturated heterocycles. The molecule has 1 atom stereocenters. The number of nitro benzene ring substituents is 1. The summed E-state index contributed by atoms with van der Waals surface area (Å²) in [6.07, 6.45) is 0.0643. The highest BCUT2D eigenvalue weighted by Crippen LogP contribution is 2.32. The normalized spacial score (nSPS) is 18.2. The van der Waals surface area contributed by atoms with Crippen molar-refractivity contribution in [2.24, 2.45) is 5.92 Å². The van der Waals surface area contributed by atoms with Crippen molar-refractivity contribution >= 4 is 23.3 Å². The van der Waals surface area contributed by atoms with Crippen LogP contribution in [0.15, 0.2) is 18.2 Å². The Morgan fingerprint density at radius 2 is 2.20 bits per heavy atom. The highest BCUT2D eigenvalue weighted by atomic mass is 16.6. The van der Waals surface area contributed by atoms with Crippen LogP contribution in [0, 0.1) is 23.0 Å². The van der Waals surface area contributed by atoms with Crippen LogP contribution >= 0.6 is 0 Å². The Hall–Kier alpha value is -2.44. The lowest BCUT2D eigenvalue weighted by atomic mass is 10.1. The first-order valence-electron chi connectivity index (χ1n) is 6.08. The van der Waals surface area contributed by atoms with Gasteiger partial charge in [0, 0.05) is 19.0 Å². The molecule has 1 aliphatic rings. The number of esters is 1. The third-order valence-corrected chi connectivity index (χ3v) is 3.42. The zero-order valence-corrected chi connectivity index (χ0v) is 11.2. The lowest BCUT2D eigenvalue weighted by Gasteiger charge is -2.18. The van der Waals surface area contributed by atoms with Gasteiger partial charge in [0.1, 0.15) is 0 Å². The van der Waals surface area contributed by atoms with Gasteiger partial charge < -0.3 is 9.64 Å². The fourth-order valence-corrected chi connectivity index (χ4v) is 2.37. The summed E-state index contributed by atoms with van der Waals surface area (Å²) in [5.41, 5.74) is 0.837. The number of anilines is 1. The Morgan fingerprint density at radius 1 is 1.50 bits per heavy atom. The third-order valence-electron chi connectivity index (χ3n) is 3.42. The molecular formula is C13H14N2O5. The molecule has 7 nitrogen and oxygen atoms in total. The minimum atomic E-state index is -0.522. The number of carbonyl (C=O) groups is 2. The van der Waals surface area contributed by atoms with Gasteiger partial charge in [0.05, 0.1) is 29.2 Å². The van der Waals surface area contributed by atoms with Gasteiger partial charge in [-0.15, -0.1) is 0 Å². The van der Waals surface area contributed by atoms with E-state index in [4.69, 9.17) is 0 Å². The number of methoxy groups -OCH3 is 1. The highest BCUT2D eigenvalue weighted by Gasteiger charge is 2.37. The van der Waals surface area contributed by atoms with Crippen molar-refractivity contribution in [1.82, 2.24) is 0 Å². The van der Waals surface area contributed by atoms with E-state index in [-0.39, 0.29) is 24.6 Å². The number of carbonyl (C=O) groups excluding carboxylic acids is 2. The van der Waals surface area contributed by atoms with Gasteiger partial charge >= 0.3 is 5.97 Å². The minimum Gasteiger partial charge on any atom is -0.469 e. The maximum Gasteiger partial charge on any atom is 0.311 e. The van der Waals surface area contributed by atoms with Crippen molar-refractivity contribution < 1.29 is 19.2 Å². The lowest BCUT2D eigenvalue weighted by Crippen LogP contribution is -2.27. The monoisotopic (exact) mass is 278 g/mol. The molecule has 1 amide bonds. The average molecular weight is 278 g/mol. The van der Waals surface area contributed by atoms with Crippen LogP contribution in [-0.2, 0) is 14.3 Å². The fourth-order valence-electron chi connectivity index (χ4n) is 2.37. The lowest BCUT2D eigenvalue weighted by molar-refractivity contribution is -0.385. The Morgan fingerprint density at radius 3 is 2.80 bits per heavy atom. The third kappa shape index (κ3) is 2.34. The molecule has 1 unspecified atom stereocenters. The molecule has 2 rings (SSSR count). The number of hydrogen-bond acceptors (Lipinski definition) is 5. The van der Waals surface area contributed by atoms with Gasteiger partial charge in [0.2, 0.25) is 5.91 Å². The standard InChI is InChI=1S/C13H14N2O5/c1-8-10(4-3-5-11(8)15(18)19)14-7-9(6-12(14)16)13(17)20-2/h3-5,9H,6-7H2,1-2H3. The molecule has 20 heavy (non-hydrogen) atoms. The van der Waals surface area contributed by atoms with Gasteiger partial charge in [-0.1, -0.05) is 6.07 Å². The average Bonchev–Trinajstić information content (AvgIpc) is 2.79.